The Labute approximate surface area is 192 Å². The average Bonchev–Trinajstić information content (AvgIpc) is 2.41. The van der Waals surface area contributed by atoms with Crippen LogP contribution in [0.3, 0.4) is 0 Å². The van der Waals surface area contributed by atoms with E-state index in [0.29, 0.717) is 11.8 Å². The number of hydrogen-bond donors (Lipinski definition) is 1. The minimum absolute atomic E-state index is 0. The van der Waals surface area contributed by atoms with Crippen LogP contribution in [0.1, 0.15) is 26.7 Å². The van der Waals surface area contributed by atoms with Crippen LogP contribution in [0, 0.1) is 0 Å². The summed E-state index contributed by atoms with van der Waals surface area (Å²) in [5.41, 5.74) is -1.46. The van der Waals surface area contributed by atoms with Crippen molar-refractivity contribution in [3.63, 3.8) is 0 Å². The summed E-state index contributed by atoms with van der Waals surface area (Å²) in [7, 11) is -4.68. The molecule has 30 heavy (non-hydrogen) atoms. The normalized spacial score (nSPS) is 14.3. The van der Waals surface area contributed by atoms with E-state index in [-0.39, 0.29) is 35.3 Å². The van der Waals surface area contributed by atoms with Crippen molar-refractivity contribution >= 4 is 27.8 Å². The maximum absolute atomic E-state index is 13.3. The number of amides is 1. The van der Waals surface area contributed by atoms with E-state index in [9.17, 15) is 57.3 Å². The molecule has 0 radical (unpaired) electrons. The smallest absolute Gasteiger partial charge is 0.748 e. The van der Waals surface area contributed by atoms with Gasteiger partial charge in [-0.25, -0.2) is 8.42 Å². The number of rotatable bonds is 11. The molecule has 0 atom stereocenters. The van der Waals surface area contributed by atoms with E-state index in [1.54, 1.807) is 0 Å². The minimum Gasteiger partial charge on any atom is -0.748 e. The molecule has 0 aromatic heterocycles. The van der Waals surface area contributed by atoms with Crippen molar-refractivity contribution < 1.29 is 86.8 Å². The third kappa shape index (κ3) is 9.30. The van der Waals surface area contributed by atoms with Crippen LogP contribution in [0.15, 0.2) is 0 Å². The number of carbonyl (C=O) groups is 1. The van der Waals surface area contributed by atoms with Crippen molar-refractivity contribution in [3.05, 3.63) is 0 Å². The van der Waals surface area contributed by atoms with E-state index in [4.69, 9.17) is 0 Å². The first-order valence-electron chi connectivity index (χ1n) is 7.58. The molecular formula is C13H17F9NNaO4S2. The molecule has 0 fully saturated rings. The van der Waals surface area contributed by atoms with Crippen LogP contribution in [-0.4, -0.2) is 65.6 Å². The van der Waals surface area contributed by atoms with E-state index in [1.807, 2.05) is 0 Å². The Morgan fingerprint density at radius 1 is 0.933 bits per heavy atom. The Balaban J connectivity index is 0. The van der Waals surface area contributed by atoms with Crippen molar-refractivity contribution in [2.45, 2.75) is 56.2 Å². The molecule has 1 N–H and O–H groups in total. The SMILES string of the molecule is CC(C)(CS(=O)(=O)[O-])NC(=O)CCSCCC(F)(F)C(F)(F)C(F)(F)C(F)(F)F.[Na+]. The fourth-order valence-electron chi connectivity index (χ4n) is 1.95. The zero-order valence-corrected chi connectivity index (χ0v) is 19.5. The summed E-state index contributed by atoms with van der Waals surface area (Å²) >= 11 is 0.402. The van der Waals surface area contributed by atoms with Crippen LogP contribution in [0.4, 0.5) is 39.5 Å². The Morgan fingerprint density at radius 2 is 1.40 bits per heavy atom. The number of alkyl halides is 9. The van der Waals surface area contributed by atoms with E-state index in [1.165, 1.54) is 13.8 Å². The Bertz CT molecular complexity index is 685. The van der Waals surface area contributed by atoms with Gasteiger partial charge in [-0.15, -0.1) is 0 Å². The fraction of sp³-hybridized carbons (Fsp3) is 0.923. The largest absolute Gasteiger partial charge is 1.00 e. The molecule has 0 aliphatic carbocycles. The van der Waals surface area contributed by atoms with Gasteiger partial charge < -0.3 is 9.87 Å². The van der Waals surface area contributed by atoms with E-state index >= 15 is 0 Å². The predicted octanol–water partition coefficient (Wildman–Crippen LogP) is 0.412. The molecule has 0 spiro atoms. The van der Waals surface area contributed by atoms with Gasteiger partial charge in [0.15, 0.2) is 0 Å². The summed E-state index contributed by atoms with van der Waals surface area (Å²) in [4.78, 5) is 11.6. The third-order valence-electron chi connectivity index (χ3n) is 3.26. The van der Waals surface area contributed by atoms with Crippen LogP contribution in [0.2, 0.25) is 0 Å². The number of halogens is 9. The maximum atomic E-state index is 13.3. The number of thioether (sulfide) groups is 1. The summed E-state index contributed by atoms with van der Waals surface area (Å²) in [6, 6.07) is 0. The van der Waals surface area contributed by atoms with Gasteiger partial charge in [0.25, 0.3) is 0 Å². The van der Waals surface area contributed by atoms with Crippen LogP contribution < -0.4 is 34.9 Å². The molecule has 0 bridgehead atoms. The Kier molecular flexibility index (Phi) is 11.6. The first-order valence-corrected chi connectivity index (χ1v) is 10.3. The standard InChI is InChI=1S/C13H18F9NO4S2.Na/c1-9(2,7-29(25,26)27)23-8(24)3-5-28-6-4-10(14,15)11(16,17)12(18,19)13(20,21)22;/h3-7H2,1-2H3,(H,23,24)(H,25,26,27);/q;+1/p-1. The van der Waals surface area contributed by atoms with Crippen LogP contribution in [0.25, 0.3) is 0 Å². The van der Waals surface area contributed by atoms with Gasteiger partial charge >= 0.3 is 53.5 Å². The number of carbonyl (C=O) groups excluding carboxylic acids is 1. The number of nitrogens with one attached hydrogen (secondary N) is 1. The summed E-state index contributed by atoms with van der Waals surface area (Å²) in [6.45, 7) is 2.41. The molecule has 0 heterocycles. The van der Waals surface area contributed by atoms with Crippen molar-refractivity contribution in [1.82, 2.24) is 5.32 Å². The molecule has 174 valence electrons. The molecule has 0 aromatic carbocycles. The van der Waals surface area contributed by atoms with Gasteiger partial charge in [-0.05, 0) is 19.6 Å². The molecule has 1 amide bonds. The zero-order chi connectivity index (χ0) is 23.5. The second-order valence-corrected chi connectivity index (χ2v) is 9.23. The third-order valence-corrected chi connectivity index (χ3v) is 5.32. The summed E-state index contributed by atoms with van der Waals surface area (Å²) < 4.78 is 146. The van der Waals surface area contributed by atoms with Gasteiger partial charge in [0, 0.05) is 24.1 Å². The van der Waals surface area contributed by atoms with Crippen LogP contribution in [0.5, 0.6) is 0 Å². The van der Waals surface area contributed by atoms with E-state index in [0.717, 1.165) is 0 Å². The summed E-state index contributed by atoms with van der Waals surface area (Å²) in [5.74, 6) is -22.4. The first kappa shape index (κ1) is 32.3. The fourth-order valence-corrected chi connectivity index (χ4v) is 3.84. The summed E-state index contributed by atoms with van der Waals surface area (Å²) in [6.07, 6.45) is -9.35. The first-order chi connectivity index (χ1) is 12.6. The predicted molar refractivity (Wildman–Crippen MR) is 84.2 cm³/mol. The Morgan fingerprint density at radius 3 is 1.80 bits per heavy atom. The van der Waals surface area contributed by atoms with E-state index < -0.39 is 69.9 Å². The molecule has 0 aromatic rings. The quantitative estimate of drug-likeness (QED) is 0.189. The number of hydrogen-bond acceptors (Lipinski definition) is 5. The van der Waals surface area contributed by atoms with Crippen molar-refractivity contribution in [2.75, 3.05) is 17.3 Å². The van der Waals surface area contributed by atoms with Gasteiger partial charge in [-0.1, -0.05) is 0 Å². The van der Waals surface area contributed by atoms with Gasteiger partial charge in [-0.3, -0.25) is 4.79 Å². The van der Waals surface area contributed by atoms with Crippen molar-refractivity contribution in [2.24, 2.45) is 0 Å². The van der Waals surface area contributed by atoms with Gasteiger partial charge in [0.05, 0.1) is 15.9 Å². The van der Waals surface area contributed by atoms with Gasteiger partial charge in [0.1, 0.15) is 0 Å². The molecular weight excluding hydrogens is 492 g/mol. The monoisotopic (exact) mass is 509 g/mol. The van der Waals surface area contributed by atoms with Gasteiger partial charge in [-0.2, -0.15) is 51.3 Å². The Hall–Kier alpha value is 0.1000. The second-order valence-electron chi connectivity index (χ2n) is 6.60. The molecule has 0 saturated heterocycles. The maximum Gasteiger partial charge on any atom is 1.00 e. The molecule has 0 unspecified atom stereocenters. The molecule has 0 aliphatic rings. The van der Waals surface area contributed by atoms with Crippen LogP contribution >= 0.6 is 11.8 Å². The molecule has 5 nitrogen and oxygen atoms in total. The zero-order valence-electron chi connectivity index (χ0n) is 15.9. The van der Waals surface area contributed by atoms with Crippen molar-refractivity contribution in [3.8, 4) is 0 Å². The summed E-state index contributed by atoms with van der Waals surface area (Å²) in [5, 5.41) is 2.16. The topological polar surface area (TPSA) is 86.3 Å². The molecule has 0 saturated carbocycles. The van der Waals surface area contributed by atoms with Gasteiger partial charge in [0.2, 0.25) is 5.91 Å². The van der Waals surface area contributed by atoms with E-state index in [2.05, 4.69) is 5.32 Å². The molecule has 17 heteroatoms. The van der Waals surface area contributed by atoms with Crippen molar-refractivity contribution in [1.29, 1.82) is 0 Å². The minimum atomic E-state index is -6.94. The second kappa shape index (κ2) is 10.8. The molecule has 0 rings (SSSR count). The molecule has 0 aliphatic heterocycles. The average molecular weight is 509 g/mol. The van der Waals surface area contributed by atoms with Crippen LogP contribution in [-0.2, 0) is 14.9 Å².